The van der Waals surface area contributed by atoms with Gasteiger partial charge in [0.1, 0.15) is 10.7 Å². The molecular weight excluding hydrogens is 474 g/mol. The van der Waals surface area contributed by atoms with Gasteiger partial charge in [0.05, 0.1) is 17.0 Å². The van der Waals surface area contributed by atoms with Crippen LogP contribution in [0, 0.1) is 28.4 Å². The van der Waals surface area contributed by atoms with Crippen LogP contribution in [0.2, 0.25) is 0 Å². The van der Waals surface area contributed by atoms with Gasteiger partial charge in [-0.15, -0.1) is 0 Å². The van der Waals surface area contributed by atoms with Gasteiger partial charge in [0.25, 0.3) is 0 Å². The zero-order valence-electron chi connectivity index (χ0n) is 18.0. The molecule has 3 rings (SSSR count). The summed E-state index contributed by atoms with van der Waals surface area (Å²) < 4.78 is 2.53. The molecule has 8 nitrogen and oxygen atoms in total. The van der Waals surface area contributed by atoms with E-state index in [1.165, 1.54) is 11.1 Å². The lowest BCUT2D eigenvalue weighted by atomic mass is 10.0. The normalized spacial score (nSPS) is 10.6. The molecule has 164 valence electrons. The quantitative estimate of drug-likeness (QED) is 0.327. The second kappa shape index (κ2) is 9.75. The van der Waals surface area contributed by atoms with Gasteiger partial charge < -0.3 is 4.57 Å². The van der Waals surface area contributed by atoms with E-state index in [1.54, 1.807) is 13.0 Å². The van der Waals surface area contributed by atoms with Crippen LogP contribution in [0.5, 0.6) is 0 Å². The summed E-state index contributed by atoms with van der Waals surface area (Å²) in [5, 5.41) is 21.1. The molecular formula is C23H22BrN5O3. The standard InChI is InChI=1S/C23H22BrN5O3/c1-4-5-20(30)28(23-21(29(31)32)15(2)10-11-26-23)13-16-6-8-17(9-7-16)19-14-27(3)22(24)18(19)12-25/h6-11,14H,4-5,13H2,1-3H3. The van der Waals surface area contributed by atoms with Crippen LogP contribution in [-0.2, 0) is 18.4 Å². The van der Waals surface area contributed by atoms with E-state index in [0.717, 1.165) is 16.7 Å². The van der Waals surface area contributed by atoms with Gasteiger partial charge in [-0.3, -0.25) is 19.8 Å². The highest BCUT2D eigenvalue weighted by Crippen LogP contribution is 2.33. The summed E-state index contributed by atoms with van der Waals surface area (Å²) >= 11 is 3.42. The number of aromatic nitrogens is 2. The van der Waals surface area contributed by atoms with Crippen molar-refractivity contribution >= 4 is 33.3 Å². The Hall–Kier alpha value is -3.51. The molecule has 9 heteroatoms. The Morgan fingerprint density at radius 2 is 2.00 bits per heavy atom. The summed E-state index contributed by atoms with van der Waals surface area (Å²) in [7, 11) is 1.85. The minimum atomic E-state index is -0.496. The average Bonchev–Trinajstić information content (AvgIpc) is 3.05. The Kier molecular flexibility index (Phi) is 7.05. The molecule has 32 heavy (non-hydrogen) atoms. The minimum Gasteiger partial charge on any atom is -0.344 e. The highest BCUT2D eigenvalue weighted by Gasteiger charge is 2.27. The zero-order valence-corrected chi connectivity index (χ0v) is 19.6. The van der Waals surface area contributed by atoms with Crippen LogP contribution in [0.25, 0.3) is 11.1 Å². The summed E-state index contributed by atoms with van der Waals surface area (Å²) in [5.74, 6) is -0.173. The van der Waals surface area contributed by atoms with Crippen molar-refractivity contribution in [1.82, 2.24) is 9.55 Å². The number of carbonyl (C=O) groups is 1. The Bertz CT molecular complexity index is 1210. The Balaban J connectivity index is 1.98. The topological polar surface area (TPSA) is 105 Å². The smallest absolute Gasteiger partial charge is 0.314 e. The summed E-state index contributed by atoms with van der Waals surface area (Å²) in [4.78, 5) is 29.6. The maximum Gasteiger partial charge on any atom is 0.314 e. The largest absolute Gasteiger partial charge is 0.344 e. The van der Waals surface area contributed by atoms with E-state index in [-0.39, 0.29) is 30.4 Å². The molecule has 0 spiro atoms. The van der Waals surface area contributed by atoms with E-state index < -0.39 is 4.92 Å². The van der Waals surface area contributed by atoms with Crippen molar-refractivity contribution in [3.63, 3.8) is 0 Å². The predicted octanol–water partition coefficient (Wildman–Crippen LogP) is 5.27. The molecule has 0 bridgehead atoms. The van der Waals surface area contributed by atoms with Crippen LogP contribution in [0.4, 0.5) is 11.5 Å². The van der Waals surface area contributed by atoms with Crippen LogP contribution < -0.4 is 4.90 Å². The molecule has 0 atom stereocenters. The zero-order chi connectivity index (χ0) is 23.4. The number of amides is 1. The van der Waals surface area contributed by atoms with Gasteiger partial charge in [-0.25, -0.2) is 4.98 Å². The lowest BCUT2D eigenvalue weighted by Crippen LogP contribution is -2.31. The maximum atomic E-state index is 12.9. The SMILES string of the molecule is CCCC(=O)N(Cc1ccc(-c2cn(C)c(Br)c2C#N)cc1)c1nccc(C)c1[N+](=O)[O-]. The lowest BCUT2D eigenvalue weighted by molar-refractivity contribution is -0.384. The second-order valence-electron chi connectivity index (χ2n) is 7.42. The fraction of sp³-hybridized carbons (Fsp3) is 0.261. The van der Waals surface area contributed by atoms with Gasteiger partial charge in [0.2, 0.25) is 11.7 Å². The number of aryl methyl sites for hydroxylation is 2. The van der Waals surface area contributed by atoms with Gasteiger partial charge in [0.15, 0.2) is 0 Å². The number of hydrogen-bond donors (Lipinski definition) is 0. The van der Waals surface area contributed by atoms with Crippen molar-refractivity contribution in [2.45, 2.75) is 33.2 Å². The first-order valence-corrected chi connectivity index (χ1v) is 10.8. The minimum absolute atomic E-state index is 0.0521. The number of nitrogens with zero attached hydrogens (tertiary/aromatic N) is 5. The van der Waals surface area contributed by atoms with Crippen molar-refractivity contribution in [1.29, 1.82) is 5.26 Å². The van der Waals surface area contributed by atoms with Gasteiger partial charge in [-0.05, 0) is 46.5 Å². The number of pyridine rings is 1. The molecule has 0 unspecified atom stereocenters. The van der Waals surface area contributed by atoms with E-state index in [1.807, 2.05) is 49.0 Å². The molecule has 2 aromatic heterocycles. The molecule has 0 aliphatic heterocycles. The molecule has 2 heterocycles. The van der Waals surface area contributed by atoms with Crippen molar-refractivity contribution in [3.8, 4) is 17.2 Å². The fourth-order valence-corrected chi connectivity index (χ4v) is 3.89. The molecule has 0 radical (unpaired) electrons. The second-order valence-corrected chi connectivity index (χ2v) is 8.17. The molecule has 0 fully saturated rings. The third-order valence-corrected chi connectivity index (χ3v) is 6.09. The van der Waals surface area contributed by atoms with Gasteiger partial charge in [-0.1, -0.05) is 31.2 Å². The van der Waals surface area contributed by atoms with Gasteiger partial charge in [-0.2, -0.15) is 5.26 Å². The number of benzene rings is 1. The van der Waals surface area contributed by atoms with Crippen molar-refractivity contribution in [2.24, 2.45) is 7.05 Å². The van der Waals surface area contributed by atoms with Crippen molar-refractivity contribution in [3.05, 3.63) is 74.1 Å². The lowest BCUT2D eigenvalue weighted by Gasteiger charge is -2.22. The molecule has 1 amide bonds. The Morgan fingerprint density at radius 1 is 1.31 bits per heavy atom. The predicted molar refractivity (Wildman–Crippen MR) is 125 cm³/mol. The highest BCUT2D eigenvalue weighted by molar-refractivity contribution is 9.10. The Morgan fingerprint density at radius 3 is 2.59 bits per heavy atom. The van der Waals surface area contributed by atoms with Crippen LogP contribution in [0.1, 0.15) is 36.5 Å². The molecule has 0 aliphatic rings. The number of nitriles is 1. The molecule has 1 aromatic carbocycles. The first-order chi connectivity index (χ1) is 15.3. The summed E-state index contributed by atoms with van der Waals surface area (Å²) in [6.45, 7) is 3.67. The number of rotatable bonds is 7. The number of halogens is 1. The van der Waals surface area contributed by atoms with E-state index in [9.17, 15) is 20.2 Å². The van der Waals surface area contributed by atoms with Crippen molar-refractivity contribution in [2.75, 3.05) is 4.90 Å². The molecule has 0 saturated heterocycles. The third kappa shape index (κ3) is 4.55. The summed E-state index contributed by atoms with van der Waals surface area (Å²) in [5.41, 5.74) is 3.27. The Labute approximate surface area is 194 Å². The summed E-state index contributed by atoms with van der Waals surface area (Å²) in [6, 6.07) is 11.2. The molecule has 0 saturated carbocycles. The maximum absolute atomic E-state index is 12.9. The van der Waals surface area contributed by atoms with Crippen molar-refractivity contribution < 1.29 is 9.72 Å². The van der Waals surface area contributed by atoms with E-state index in [2.05, 4.69) is 27.0 Å². The molecule has 3 aromatic rings. The number of anilines is 1. The fourth-order valence-electron chi connectivity index (χ4n) is 3.49. The third-order valence-electron chi connectivity index (χ3n) is 5.14. The van der Waals surface area contributed by atoms with E-state index in [4.69, 9.17) is 0 Å². The van der Waals surface area contributed by atoms with Crippen LogP contribution in [-0.4, -0.2) is 20.4 Å². The van der Waals surface area contributed by atoms with Crippen LogP contribution in [0.3, 0.4) is 0 Å². The number of hydrogen-bond acceptors (Lipinski definition) is 5. The monoisotopic (exact) mass is 495 g/mol. The van der Waals surface area contributed by atoms with E-state index in [0.29, 0.717) is 22.2 Å². The van der Waals surface area contributed by atoms with Gasteiger partial charge in [0, 0.05) is 37.0 Å². The van der Waals surface area contributed by atoms with Crippen LogP contribution in [0.15, 0.2) is 47.3 Å². The highest BCUT2D eigenvalue weighted by atomic mass is 79.9. The summed E-state index contributed by atoms with van der Waals surface area (Å²) in [6.07, 6.45) is 4.22. The molecule has 0 N–H and O–H groups in total. The number of nitro groups is 1. The average molecular weight is 496 g/mol. The van der Waals surface area contributed by atoms with Crippen LogP contribution >= 0.6 is 15.9 Å². The van der Waals surface area contributed by atoms with E-state index >= 15 is 0 Å². The number of carbonyl (C=O) groups excluding carboxylic acids is 1. The van der Waals surface area contributed by atoms with Gasteiger partial charge >= 0.3 is 5.69 Å². The first-order valence-electron chi connectivity index (χ1n) is 10.0. The first kappa shape index (κ1) is 23.2. The molecule has 0 aliphatic carbocycles.